The average molecular weight is 325 g/mol. The lowest BCUT2D eigenvalue weighted by atomic mass is 9.85. The van der Waals surface area contributed by atoms with Crippen LogP contribution < -0.4 is 15.0 Å². The molecule has 0 radical (unpaired) electrons. The molecule has 1 aromatic rings. The average Bonchev–Trinajstić information content (AvgIpc) is 2.54. The lowest BCUT2D eigenvalue weighted by molar-refractivity contribution is -0.119. The molecule has 1 aliphatic rings. The molecule has 5 heteroatoms. The molecule has 22 heavy (non-hydrogen) atoms. The number of hydrogen-bond acceptors (Lipinski definition) is 3. The summed E-state index contributed by atoms with van der Waals surface area (Å²) in [6.45, 7) is 4.29. The van der Waals surface area contributed by atoms with E-state index < -0.39 is 0 Å². The van der Waals surface area contributed by atoms with Gasteiger partial charge < -0.3 is 15.0 Å². The van der Waals surface area contributed by atoms with E-state index in [1.165, 1.54) is 12.8 Å². The van der Waals surface area contributed by atoms with E-state index in [-0.39, 0.29) is 5.91 Å². The van der Waals surface area contributed by atoms with Crippen molar-refractivity contribution in [3.05, 3.63) is 23.2 Å². The van der Waals surface area contributed by atoms with Crippen molar-refractivity contribution < 1.29 is 9.53 Å². The molecule has 122 valence electrons. The van der Waals surface area contributed by atoms with Crippen LogP contribution in [0.5, 0.6) is 5.75 Å². The summed E-state index contributed by atoms with van der Waals surface area (Å²) in [5, 5.41) is 3.93. The van der Waals surface area contributed by atoms with E-state index in [4.69, 9.17) is 16.3 Å². The molecule has 2 rings (SSSR count). The van der Waals surface area contributed by atoms with Crippen molar-refractivity contribution in [3.8, 4) is 5.75 Å². The second-order valence-corrected chi connectivity index (χ2v) is 6.47. The van der Waals surface area contributed by atoms with E-state index >= 15 is 0 Å². The van der Waals surface area contributed by atoms with Crippen LogP contribution >= 0.6 is 11.6 Å². The van der Waals surface area contributed by atoms with Crippen molar-refractivity contribution in [2.45, 2.75) is 26.2 Å². The standard InChI is InChI=1S/C17H25ClN2O2/c1-12(13-5-4-8-19-11-13)9-17(21)20(2)14-6-7-16(22-3)15(18)10-14/h6-7,10,12-13,19H,4-5,8-9,11H2,1-3H3. The van der Waals surface area contributed by atoms with Crippen LogP contribution in [-0.2, 0) is 4.79 Å². The zero-order valence-corrected chi connectivity index (χ0v) is 14.3. The Balaban J connectivity index is 1.97. The molecule has 2 unspecified atom stereocenters. The summed E-state index contributed by atoms with van der Waals surface area (Å²) in [7, 11) is 3.38. The SMILES string of the molecule is COc1ccc(N(C)C(=O)CC(C)C2CCCNC2)cc1Cl. The molecule has 0 aromatic heterocycles. The lowest BCUT2D eigenvalue weighted by Gasteiger charge is -2.29. The van der Waals surface area contributed by atoms with E-state index in [0.29, 0.717) is 29.0 Å². The summed E-state index contributed by atoms with van der Waals surface area (Å²) in [4.78, 5) is 14.2. The molecule has 0 aliphatic carbocycles. The summed E-state index contributed by atoms with van der Waals surface area (Å²) < 4.78 is 5.14. The first-order chi connectivity index (χ1) is 10.5. The van der Waals surface area contributed by atoms with E-state index in [0.717, 1.165) is 18.8 Å². The maximum absolute atomic E-state index is 12.5. The maximum Gasteiger partial charge on any atom is 0.226 e. The van der Waals surface area contributed by atoms with Gasteiger partial charge in [-0.1, -0.05) is 18.5 Å². The van der Waals surface area contributed by atoms with Crippen LogP contribution in [-0.4, -0.2) is 33.2 Å². The topological polar surface area (TPSA) is 41.6 Å². The third-order valence-electron chi connectivity index (χ3n) is 4.53. The maximum atomic E-state index is 12.5. The number of carbonyl (C=O) groups is 1. The van der Waals surface area contributed by atoms with E-state index in [9.17, 15) is 4.79 Å². The number of nitrogens with one attached hydrogen (secondary N) is 1. The second-order valence-electron chi connectivity index (χ2n) is 6.06. The summed E-state index contributed by atoms with van der Waals surface area (Å²) in [6, 6.07) is 5.41. The van der Waals surface area contributed by atoms with Crippen LogP contribution in [0.2, 0.25) is 5.02 Å². The van der Waals surface area contributed by atoms with Crippen molar-refractivity contribution in [2.75, 3.05) is 32.1 Å². The van der Waals surface area contributed by atoms with Crippen LogP contribution in [0.15, 0.2) is 18.2 Å². The van der Waals surface area contributed by atoms with E-state index in [1.807, 2.05) is 6.07 Å². The number of anilines is 1. The smallest absolute Gasteiger partial charge is 0.226 e. The van der Waals surface area contributed by atoms with Gasteiger partial charge in [-0.25, -0.2) is 0 Å². The Morgan fingerprint density at radius 2 is 2.32 bits per heavy atom. The highest BCUT2D eigenvalue weighted by molar-refractivity contribution is 6.32. The molecule has 1 N–H and O–H groups in total. The van der Waals surface area contributed by atoms with Gasteiger partial charge >= 0.3 is 0 Å². The van der Waals surface area contributed by atoms with Gasteiger partial charge in [-0.3, -0.25) is 4.79 Å². The highest BCUT2D eigenvalue weighted by Gasteiger charge is 2.24. The van der Waals surface area contributed by atoms with Gasteiger partial charge in [0.05, 0.1) is 12.1 Å². The Morgan fingerprint density at radius 1 is 1.55 bits per heavy atom. The molecule has 1 heterocycles. The fourth-order valence-electron chi connectivity index (χ4n) is 2.95. The minimum atomic E-state index is 0.124. The van der Waals surface area contributed by atoms with Gasteiger partial charge in [-0.05, 0) is 56.0 Å². The first kappa shape index (κ1) is 17.1. The van der Waals surface area contributed by atoms with Crippen LogP contribution in [0.25, 0.3) is 0 Å². The number of piperidine rings is 1. The van der Waals surface area contributed by atoms with Crippen LogP contribution in [0, 0.1) is 11.8 Å². The van der Waals surface area contributed by atoms with E-state index in [1.54, 1.807) is 31.2 Å². The number of benzene rings is 1. The normalized spacial score (nSPS) is 19.5. The lowest BCUT2D eigenvalue weighted by Crippen LogP contribution is -2.36. The number of halogens is 1. The highest BCUT2D eigenvalue weighted by Crippen LogP contribution is 2.30. The summed E-state index contributed by atoms with van der Waals surface area (Å²) in [6.07, 6.45) is 2.97. The highest BCUT2D eigenvalue weighted by atomic mass is 35.5. The largest absolute Gasteiger partial charge is 0.495 e. The molecule has 1 saturated heterocycles. The number of amides is 1. The fraction of sp³-hybridized carbons (Fsp3) is 0.588. The molecule has 1 fully saturated rings. The molecule has 1 aliphatic heterocycles. The molecule has 0 spiro atoms. The minimum Gasteiger partial charge on any atom is -0.495 e. The molecule has 1 amide bonds. The monoisotopic (exact) mass is 324 g/mol. The Bertz CT molecular complexity index is 515. The summed E-state index contributed by atoms with van der Waals surface area (Å²) >= 11 is 6.13. The number of rotatable bonds is 5. The molecule has 0 saturated carbocycles. The number of nitrogens with zero attached hydrogens (tertiary/aromatic N) is 1. The van der Waals surface area contributed by atoms with Crippen molar-refractivity contribution in [1.82, 2.24) is 5.32 Å². The summed E-state index contributed by atoms with van der Waals surface area (Å²) in [5.41, 5.74) is 0.796. The van der Waals surface area contributed by atoms with Gasteiger partial charge in [0, 0.05) is 19.2 Å². The molecular weight excluding hydrogens is 300 g/mol. The Kier molecular flexibility index (Phi) is 6.09. The zero-order valence-electron chi connectivity index (χ0n) is 13.6. The van der Waals surface area contributed by atoms with E-state index in [2.05, 4.69) is 12.2 Å². The minimum absolute atomic E-state index is 0.124. The number of hydrogen-bond donors (Lipinski definition) is 1. The van der Waals surface area contributed by atoms with Gasteiger partial charge in [0.15, 0.2) is 0 Å². The van der Waals surface area contributed by atoms with Crippen molar-refractivity contribution in [1.29, 1.82) is 0 Å². The quantitative estimate of drug-likeness (QED) is 0.903. The molecule has 2 atom stereocenters. The number of carbonyl (C=O) groups excluding carboxylic acids is 1. The fourth-order valence-corrected chi connectivity index (χ4v) is 3.20. The van der Waals surface area contributed by atoms with Crippen molar-refractivity contribution >= 4 is 23.2 Å². The van der Waals surface area contributed by atoms with Gasteiger partial charge in [0.25, 0.3) is 0 Å². The van der Waals surface area contributed by atoms with Crippen LogP contribution in [0.4, 0.5) is 5.69 Å². The molecular formula is C17H25ClN2O2. The second kappa shape index (κ2) is 7.84. The summed E-state index contributed by atoms with van der Waals surface area (Å²) in [5.74, 6) is 1.72. The van der Waals surface area contributed by atoms with Gasteiger partial charge in [-0.15, -0.1) is 0 Å². The van der Waals surface area contributed by atoms with Crippen LogP contribution in [0.1, 0.15) is 26.2 Å². The third kappa shape index (κ3) is 4.14. The first-order valence-electron chi connectivity index (χ1n) is 7.83. The third-order valence-corrected chi connectivity index (χ3v) is 4.83. The first-order valence-corrected chi connectivity index (χ1v) is 8.21. The Labute approximate surface area is 137 Å². The molecule has 1 aromatic carbocycles. The van der Waals surface area contributed by atoms with Crippen molar-refractivity contribution in [2.24, 2.45) is 11.8 Å². The number of ether oxygens (including phenoxy) is 1. The van der Waals surface area contributed by atoms with Crippen LogP contribution in [0.3, 0.4) is 0 Å². The molecule has 4 nitrogen and oxygen atoms in total. The van der Waals surface area contributed by atoms with Gasteiger partial charge in [0.2, 0.25) is 5.91 Å². The zero-order chi connectivity index (χ0) is 16.1. The molecule has 0 bridgehead atoms. The Morgan fingerprint density at radius 3 is 2.91 bits per heavy atom. The predicted octanol–water partition coefficient (Wildman–Crippen LogP) is 3.34. The predicted molar refractivity (Wildman–Crippen MR) is 90.8 cm³/mol. The van der Waals surface area contributed by atoms with Crippen molar-refractivity contribution in [3.63, 3.8) is 0 Å². The Hall–Kier alpha value is -1.26. The number of methoxy groups -OCH3 is 1. The van der Waals surface area contributed by atoms with Gasteiger partial charge in [0.1, 0.15) is 5.75 Å². The van der Waals surface area contributed by atoms with Gasteiger partial charge in [-0.2, -0.15) is 0 Å².